The molecule has 0 aliphatic carbocycles. The number of aliphatic carboxylic acids is 1. The van der Waals surface area contributed by atoms with Gasteiger partial charge in [-0.15, -0.1) is 0 Å². The fourth-order valence-corrected chi connectivity index (χ4v) is 6.54. The van der Waals surface area contributed by atoms with Gasteiger partial charge in [0.25, 0.3) is 4.87 Å². The van der Waals surface area contributed by atoms with Crippen LogP contribution in [0.3, 0.4) is 0 Å². The number of carbonyl (C=O) groups is 4. The number of urea groups is 1. The van der Waals surface area contributed by atoms with Crippen molar-refractivity contribution in [3.8, 4) is 0 Å². The molecule has 4 atom stereocenters. The number of nitrogens with one attached hydrogen (secondary N) is 1. The number of imide groups is 1. The minimum atomic E-state index is -5.35. The van der Waals surface area contributed by atoms with Gasteiger partial charge in [0.15, 0.2) is 0 Å². The van der Waals surface area contributed by atoms with E-state index in [0.717, 1.165) is 0 Å². The number of nitrogens with zero attached hydrogens (tertiary/aromatic N) is 2. The summed E-state index contributed by atoms with van der Waals surface area (Å²) in [5.41, 5.74) is 0. The highest BCUT2D eigenvalue weighted by Gasteiger charge is 2.61. The molecular weight excluding hydrogens is 418 g/mol. The van der Waals surface area contributed by atoms with Crippen molar-refractivity contribution < 1.29 is 42.5 Å². The normalized spacial score (nSPS) is 29.8. The molecule has 1 unspecified atom stereocenters. The Morgan fingerprint density at radius 2 is 1.86 bits per heavy atom. The largest absolute Gasteiger partial charge is 0.479 e. The van der Waals surface area contributed by atoms with Crippen LogP contribution in [0.4, 0.5) is 4.79 Å². The first-order valence-electron chi connectivity index (χ1n) is 8.47. The first kappa shape index (κ1) is 20.8. The molecule has 0 radical (unpaired) electrons. The molecule has 3 heterocycles. The molecule has 0 saturated carbocycles. The maximum atomic E-state index is 12.0. The van der Waals surface area contributed by atoms with Gasteiger partial charge in [0.1, 0.15) is 0 Å². The molecule has 4 N–H and O–H groups in total. The van der Waals surface area contributed by atoms with Gasteiger partial charge in [-0.25, -0.2) is 19.6 Å². The third kappa shape index (κ3) is 3.13. The van der Waals surface area contributed by atoms with Crippen molar-refractivity contribution in [2.24, 2.45) is 0 Å². The summed E-state index contributed by atoms with van der Waals surface area (Å²) in [6.45, 7) is 0. The maximum Gasteiger partial charge on any atom is 0.348 e. The molecule has 0 spiro atoms. The van der Waals surface area contributed by atoms with Gasteiger partial charge in [0.2, 0.25) is 11.8 Å². The van der Waals surface area contributed by atoms with Crippen LogP contribution in [0.2, 0.25) is 0 Å². The van der Waals surface area contributed by atoms with Crippen molar-refractivity contribution in [2.75, 3.05) is 5.75 Å². The van der Waals surface area contributed by atoms with Crippen molar-refractivity contribution in [1.29, 1.82) is 0 Å². The number of thioether (sulfide) groups is 1. The Morgan fingerprint density at radius 1 is 1.25 bits per heavy atom. The summed E-state index contributed by atoms with van der Waals surface area (Å²) < 4.78 is 33.6. The lowest BCUT2D eigenvalue weighted by Gasteiger charge is -2.34. The van der Waals surface area contributed by atoms with E-state index in [0.29, 0.717) is 10.8 Å². The van der Waals surface area contributed by atoms with Crippen molar-refractivity contribution in [2.45, 2.75) is 54.3 Å². The Morgan fingerprint density at radius 3 is 2.39 bits per heavy atom. The number of amides is 4. The van der Waals surface area contributed by atoms with Crippen LogP contribution in [-0.4, -0.2) is 85.0 Å². The first-order chi connectivity index (χ1) is 13.0. The number of rotatable bonds is 7. The van der Waals surface area contributed by atoms with Gasteiger partial charge in [-0.1, -0.05) is 0 Å². The van der Waals surface area contributed by atoms with Crippen LogP contribution < -0.4 is 5.32 Å². The van der Waals surface area contributed by atoms with E-state index in [4.69, 9.17) is 0 Å². The van der Waals surface area contributed by atoms with Gasteiger partial charge in [0.05, 0.1) is 12.1 Å². The second-order valence-electron chi connectivity index (χ2n) is 6.84. The molecule has 0 aromatic heterocycles. The Bertz CT molecular complexity index is 816. The lowest BCUT2D eigenvalue weighted by molar-refractivity contribution is -0.157. The highest BCUT2D eigenvalue weighted by atomic mass is 32.2. The van der Waals surface area contributed by atoms with Crippen molar-refractivity contribution in [1.82, 2.24) is 15.3 Å². The third-order valence-electron chi connectivity index (χ3n) is 5.29. The highest BCUT2D eigenvalue weighted by molar-refractivity contribution is 8.00. The number of carboxylic acids is 1. The van der Waals surface area contributed by atoms with E-state index < -0.39 is 57.3 Å². The number of fused-ring (bicyclic) bond motifs is 1. The molecule has 0 bridgehead atoms. The zero-order valence-corrected chi connectivity index (χ0v) is 16.1. The van der Waals surface area contributed by atoms with Gasteiger partial charge >= 0.3 is 22.1 Å². The Kier molecular flexibility index (Phi) is 5.33. The fourth-order valence-electron chi connectivity index (χ4n) is 3.90. The van der Waals surface area contributed by atoms with Crippen LogP contribution in [0.15, 0.2) is 0 Å². The monoisotopic (exact) mass is 437 g/mol. The molecule has 4 amide bonds. The SMILES string of the molecule is O=C1N[C@@H]2[C@H](CCCC(C(=O)O)(N3C(=O)CCC3=O)S(=O)(=O)O)SC[C@@H]2N1O. The quantitative estimate of drug-likeness (QED) is 0.171. The van der Waals surface area contributed by atoms with Crippen LogP contribution in [0.5, 0.6) is 0 Å². The predicted molar refractivity (Wildman–Crippen MR) is 92.8 cm³/mol. The molecule has 0 aromatic rings. The van der Waals surface area contributed by atoms with E-state index >= 15 is 0 Å². The van der Waals surface area contributed by atoms with E-state index in [1.807, 2.05) is 0 Å². The van der Waals surface area contributed by atoms with Crippen LogP contribution >= 0.6 is 11.8 Å². The Labute approximate surface area is 163 Å². The van der Waals surface area contributed by atoms with Gasteiger partial charge in [0, 0.05) is 23.8 Å². The van der Waals surface area contributed by atoms with Gasteiger partial charge in [-0.2, -0.15) is 20.2 Å². The summed E-state index contributed by atoms with van der Waals surface area (Å²) in [6.07, 6.45) is -1.18. The second kappa shape index (κ2) is 7.17. The lowest BCUT2D eigenvalue weighted by atomic mass is 10.0. The molecule has 3 rings (SSSR count). The average molecular weight is 437 g/mol. The molecule has 156 valence electrons. The number of hydrogen-bond donors (Lipinski definition) is 4. The fraction of sp³-hybridized carbons (Fsp3) is 0.714. The van der Waals surface area contributed by atoms with Gasteiger partial charge in [-0.3, -0.25) is 19.3 Å². The summed E-state index contributed by atoms with van der Waals surface area (Å²) >= 11 is 1.42. The summed E-state index contributed by atoms with van der Waals surface area (Å²) in [7, 11) is -5.35. The molecule has 3 aliphatic heterocycles. The molecule has 28 heavy (non-hydrogen) atoms. The molecular formula is C14H19N3O9S2. The molecule has 3 aliphatic rings. The minimum absolute atomic E-state index is 0.0642. The first-order valence-corrected chi connectivity index (χ1v) is 11.0. The van der Waals surface area contributed by atoms with E-state index in [1.54, 1.807) is 0 Å². The highest BCUT2D eigenvalue weighted by Crippen LogP contribution is 2.38. The average Bonchev–Trinajstić information content (AvgIpc) is 3.21. The molecule has 14 heteroatoms. The molecule has 3 fully saturated rings. The van der Waals surface area contributed by atoms with Crippen LogP contribution in [-0.2, 0) is 24.5 Å². The zero-order valence-electron chi connectivity index (χ0n) is 14.5. The second-order valence-corrected chi connectivity index (χ2v) is 9.74. The van der Waals surface area contributed by atoms with E-state index in [9.17, 15) is 42.5 Å². The number of carboxylic acid groups (broad SMARTS) is 1. The topological polar surface area (TPSA) is 182 Å². The number of hydrogen-bond acceptors (Lipinski definition) is 8. The van der Waals surface area contributed by atoms with Crippen LogP contribution in [0.25, 0.3) is 0 Å². The summed E-state index contributed by atoms with van der Waals surface area (Å²) in [5.74, 6) is -3.51. The van der Waals surface area contributed by atoms with Gasteiger partial charge < -0.3 is 10.4 Å². The third-order valence-corrected chi connectivity index (χ3v) is 8.19. The predicted octanol–water partition coefficient (Wildman–Crippen LogP) is -0.759. The maximum absolute atomic E-state index is 12.0. The minimum Gasteiger partial charge on any atom is -0.479 e. The molecule has 12 nitrogen and oxygen atoms in total. The summed E-state index contributed by atoms with van der Waals surface area (Å²) in [5, 5.41) is 22.2. The lowest BCUT2D eigenvalue weighted by Crippen LogP contribution is -2.61. The Balaban J connectivity index is 1.78. The standard InChI is InChI=1S/C14H19N3O9S2/c18-9-3-4-10(19)16(9)14(12(20)21,28(24,25)26)5-1-2-8-11-7(6-27-8)17(23)13(22)15-11/h7-8,11,23H,1-6H2,(H,15,22)(H,20,21)(H,24,25,26)/t7-,8-,11-,14?/m0/s1. The number of hydroxylamine groups is 2. The number of carbonyl (C=O) groups excluding carboxylic acids is 3. The zero-order chi connectivity index (χ0) is 20.9. The smallest absolute Gasteiger partial charge is 0.348 e. The molecule has 3 saturated heterocycles. The van der Waals surface area contributed by atoms with Crippen molar-refractivity contribution >= 4 is 45.7 Å². The molecule has 0 aromatic carbocycles. The van der Waals surface area contributed by atoms with E-state index in [-0.39, 0.29) is 35.8 Å². The summed E-state index contributed by atoms with van der Waals surface area (Å²) in [6, 6.07) is -1.50. The van der Waals surface area contributed by atoms with Gasteiger partial charge in [-0.05, 0) is 19.3 Å². The number of likely N-dealkylation sites (tertiary alicyclic amines) is 1. The Hall–Kier alpha value is -1.90. The summed E-state index contributed by atoms with van der Waals surface area (Å²) in [4.78, 5) is 44.4. The van der Waals surface area contributed by atoms with E-state index in [2.05, 4.69) is 5.32 Å². The van der Waals surface area contributed by atoms with Crippen LogP contribution in [0.1, 0.15) is 32.1 Å². The van der Waals surface area contributed by atoms with Crippen molar-refractivity contribution in [3.63, 3.8) is 0 Å². The van der Waals surface area contributed by atoms with Crippen LogP contribution in [0, 0.1) is 0 Å². The van der Waals surface area contributed by atoms with Crippen molar-refractivity contribution in [3.05, 3.63) is 0 Å². The van der Waals surface area contributed by atoms with E-state index in [1.165, 1.54) is 11.8 Å².